The Bertz CT molecular complexity index is 404. The van der Waals surface area contributed by atoms with Crippen molar-refractivity contribution in [1.29, 1.82) is 0 Å². The number of aromatic nitrogens is 1. The maximum Gasteiger partial charge on any atom is 0.0684 e. The zero-order chi connectivity index (χ0) is 12.1. The molecule has 0 aliphatic heterocycles. The van der Waals surface area contributed by atoms with Crippen molar-refractivity contribution in [2.24, 2.45) is 5.92 Å². The molecule has 0 bridgehead atoms. The molecule has 0 amide bonds. The molecule has 0 saturated carbocycles. The quantitative estimate of drug-likeness (QED) is 0.820. The van der Waals surface area contributed by atoms with Gasteiger partial charge in [-0.3, -0.25) is 4.98 Å². The van der Waals surface area contributed by atoms with Crippen LogP contribution in [0.4, 0.5) is 0 Å². The third kappa shape index (κ3) is 4.19. The van der Waals surface area contributed by atoms with Crippen molar-refractivity contribution in [3.05, 3.63) is 39.1 Å². The highest BCUT2D eigenvalue weighted by Crippen LogP contribution is 2.20. The van der Waals surface area contributed by atoms with E-state index in [4.69, 9.17) is 0 Å². The standard InChI is InChI=1S/C13H16Br2N2/c14-11-6-12(15)13(17-8-11)9-16-7-10-4-2-1-3-5-10/h1-2,6,8,10,16H,3-5,7,9H2. The van der Waals surface area contributed by atoms with Crippen LogP contribution < -0.4 is 5.32 Å². The van der Waals surface area contributed by atoms with Crippen LogP contribution in [-0.2, 0) is 6.54 Å². The van der Waals surface area contributed by atoms with Crippen molar-refractivity contribution >= 4 is 31.9 Å². The number of rotatable bonds is 4. The number of pyridine rings is 1. The van der Waals surface area contributed by atoms with E-state index in [0.29, 0.717) is 0 Å². The first-order valence-corrected chi connectivity index (χ1v) is 7.50. The van der Waals surface area contributed by atoms with Crippen molar-refractivity contribution in [2.45, 2.75) is 25.8 Å². The summed E-state index contributed by atoms with van der Waals surface area (Å²) in [5, 5.41) is 3.49. The van der Waals surface area contributed by atoms with E-state index in [2.05, 4.69) is 54.3 Å². The Labute approximate surface area is 119 Å². The third-order valence-corrected chi connectivity index (χ3v) is 4.11. The maximum absolute atomic E-state index is 4.39. The van der Waals surface area contributed by atoms with E-state index in [1.807, 2.05) is 12.3 Å². The molecule has 2 nitrogen and oxygen atoms in total. The molecule has 1 heterocycles. The van der Waals surface area contributed by atoms with Gasteiger partial charge in [0.15, 0.2) is 0 Å². The zero-order valence-electron chi connectivity index (χ0n) is 9.63. The third-order valence-electron chi connectivity index (χ3n) is 2.99. The van der Waals surface area contributed by atoms with Crippen LogP contribution in [0.15, 0.2) is 33.4 Å². The molecule has 0 spiro atoms. The largest absolute Gasteiger partial charge is 0.311 e. The monoisotopic (exact) mass is 358 g/mol. The molecule has 1 aliphatic carbocycles. The smallest absolute Gasteiger partial charge is 0.0684 e. The molecule has 0 radical (unpaired) electrons. The molecule has 4 heteroatoms. The van der Waals surface area contributed by atoms with Crippen LogP contribution in [0, 0.1) is 5.92 Å². The van der Waals surface area contributed by atoms with Crippen molar-refractivity contribution in [3.8, 4) is 0 Å². The van der Waals surface area contributed by atoms with Gasteiger partial charge in [-0.05, 0) is 69.7 Å². The van der Waals surface area contributed by atoms with Gasteiger partial charge < -0.3 is 5.32 Å². The fourth-order valence-corrected chi connectivity index (χ4v) is 3.14. The topological polar surface area (TPSA) is 24.9 Å². The van der Waals surface area contributed by atoms with Crippen LogP contribution in [0.25, 0.3) is 0 Å². The summed E-state index contributed by atoms with van der Waals surface area (Å²) in [5.41, 5.74) is 1.07. The van der Waals surface area contributed by atoms with E-state index in [-0.39, 0.29) is 0 Å². The van der Waals surface area contributed by atoms with Gasteiger partial charge in [0.2, 0.25) is 0 Å². The Morgan fingerprint density at radius 1 is 1.35 bits per heavy atom. The molecule has 0 fully saturated rings. The van der Waals surface area contributed by atoms with Gasteiger partial charge in [-0.2, -0.15) is 0 Å². The van der Waals surface area contributed by atoms with Gasteiger partial charge in [0.05, 0.1) is 5.69 Å². The highest BCUT2D eigenvalue weighted by Gasteiger charge is 2.09. The van der Waals surface area contributed by atoms with Crippen molar-refractivity contribution in [2.75, 3.05) is 6.54 Å². The molecule has 17 heavy (non-hydrogen) atoms. The Hall–Kier alpha value is -0.190. The molecule has 1 atom stereocenters. The van der Waals surface area contributed by atoms with Crippen LogP contribution in [0.1, 0.15) is 25.0 Å². The first kappa shape index (κ1) is 13.2. The summed E-state index contributed by atoms with van der Waals surface area (Å²) >= 11 is 6.94. The van der Waals surface area contributed by atoms with Gasteiger partial charge >= 0.3 is 0 Å². The number of halogens is 2. The van der Waals surface area contributed by atoms with E-state index in [9.17, 15) is 0 Å². The minimum absolute atomic E-state index is 0.786. The van der Waals surface area contributed by atoms with Crippen molar-refractivity contribution in [3.63, 3.8) is 0 Å². The van der Waals surface area contributed by atoms with Crippen LogP contribution in [-0.4, -0.2) is 11.5 Å². The van der Waals surface area contributed by atoms with Crippen molar-refractivity contribution in [1.82, 2.24) is 10.3 Å². The Morgan fingerprint density at radius 3 is 2.94 bits per heavy atom. The second-order valence-electron chi connectivity index (χ2n) is 4.36. The van der Waals surface area contributed by atoms with Crippen LogP contribution in [0.2, 0.25) is 0 Å². The number of hydrogen-bond donors (Lipinski definition) is 1. The fraction of sp³-hybridized carbons (Fsp3) is 0.462. The molecule has 1 unspecified atom stereocenters. The summed E-state index contributed by atoms with van der Waals surface area (Å²) in [6, 6.07) is 2.04. The average molecular weight is 360 g/mol. The summed E-state index contributed by atoms with van der Waals surface area (Å²) in [5.74, 6) is 0.786. The van der Waals surface area contributed by atoms with Gasteiger partial charge in [-0.1, -0.05) is 12.2 Å². The predicted octanol–water partition coefficient (Wildman–Crippen LogP) is 4.05. The molecule has 0 saturated heterocycles. The summed E-state index contributed by atoms with van der Waals surface area (Å²) in [7, 11) is 0. The van der Waals surface area contributed by atoms with Gasteiger partial charge in [-0.15, -0.1) is 0 Å². The van der Waals surface area contributed by atoms with Gasteiger partial charge in [-0.25, -0.2) is 0 Å². The lowest BCUT2D eigenvalue weighted by molar-refractivity contribution is 0.439. The summed E-state index contributed by atoms with van der Waals surface area (Å²) in [4.78, 5) is 4.39. The second-order valence-corrected chi connectivity index (χ2v) is 6.13. The van der Waals surface area contributed by atoms with E-state index in [0.717, 1.165) is 33.6 Å². The average Bonchev–Trinajstić information content (AvgIpc) is 2.33. The molecule has 2 rings (SSSR count). The SMILES string of the molecule is Brc1cnc(CNCC2CC=CCC2)c(Br)c1. The second kappa shape index (κ2) is 6.66. The minimum Gasteiger partial charge on any atom is -0.311 e. The lowest BCUT2D eigenvalue weighted by atomic mass is 9.94. The van der Waals surface area contributed by atoms with E-state index >= 15 is 0 Å². The molecular weight excluding hydrogens is 344 g/mol. The predicted molar refractivity (Wildman–Crippen MR) is 77.8 cm³/mol. The van der Waals surface area contributed by atoms with Crippen LogP contribution in [0.3, 0.4) is 0 Å². The minimum atomic E-state index is 0.786. The molecule has 1 aromatic rings. The van der Waals surface area contributed by atoms with Gasteiger partial charge in [0, 0.05) is 21.7 Å². The normalized spacial score (nSPS) is 19.5. The summed E-state index contributed by atoms with van der Waals surface area (Å²) < 4.78 is 2.06. The molecule has 1 aliphatic rings. The summed E-state index contributed by atoms with van der Waals surface area (Å²) in [6.07, 6.45) is 10.2. The van der Waals surface area contributed by atoms with E-state index in [1.165, 1.54) is 19.3 Å². The molecule has 92 valence electrons. The maximum atomic E-state index is 4.39. The lowest BCUT2D eigenvalue weighted by Gasteiger charge is -2.18. The molecule has 1 N–H and O–H groups in total. The molecule has 0 aromatic carbocycles. The van der Waals surface area contributed by atoms with E-state index in [1.54, 1.807) is 0 Å². The highest BCUT2D eigenvalue weighted by molar-refractivity contribution is 9.11. The number of allylic oxidation sites excluding steroid dienone is 2. The van der Waals surface area contributed by atoms with Crippen LogP contribution in [0.5, 0.6) is 0 Å². The zero-order valence-corrected chi connectivity index (χ0v) is 12.8. The number of hydrogen-bond acceptors (Lipinski definition) is 2. The lowest BCUT2D eigenvalue weighted by Crippen LogP contribution is -2.23. The Kier molecular flexibility index (Phi) is 5.19. The van der Waals surface area contributed by atoms with Crippen molar-refractivity contribution < 1.29 is 0 Å². The molecular formula is C13H16Br2N2. The van der Waals surface area contributed by atoms with Gasteiger partial charge in [0.1, 0.15) is 0 Å². The Balaban J connectivity index is 1.79. The number of nitrogens with zero attached hydrogens (tertiary/aromatic N) is 1. The summed E-state index contributed by atoms with van der Waals surface area (Å²) in [6.45, 7) is 1.91. The first-order valence-electron chi connectivity index (χ1n) is 5.91. The number of nitrogens with one attached hydrogen (secondary N) is 1. The highest BCUT2D eigenvalue weighted by atomic mass is 79.9. The van der Waals surface area contributed by atoms with E-state index < -0.39 is 0 Å². The Morgan fingerprint density at radius 2 is 2.24 bits per heavy atom. The molecule has 1 aromatic heterocycles. The van der Waals surface area contributed by atoms with Crippen LogP contribution >= 0.6 is 31.9 Å². The fourth-order valence-electron chi connectivity index (χ4n) is 2.01. The van der Waals surface area contributed by atoms with Gasteiger partial charge in [0.25, 0.3) is 0 Å². The first-order chi connectivity index (χ1) is 8.25.